The molecule has 7 heteroatoms. The van der Waals surface area contributed by atoms with Crippen molar-refractivity contribution in [3.05, 3.63) is 42.7 Å². The molecule has 0 radical (unpaired) electrons. The van der Waals surface area contributed by atoms with E-state index in [1.165, 1.54) is 6.33 Å². The Labute approximate surface area is 170 Å². The van der Waals surface area contributed by atoms with Crippen molar-refractivity contribution >= 4 is 22.5 Å². The quantitative estimate of drug-likeness (QED) is 0.536. The van der Waals surface area contributed by atoms with E-state index in [4.69, 9.17) is 15.2 Å². The number of carbonyl (C=O) groups excluding carboxylic acids is 1. The maximum Gasteiger partial charge on any atom is 0.224 e. The van der Waals surface area contributed by atoms with Gasteiger partial charge in [0.25, 0.3) is 0 Å². The number of nitrogens with two attached hydrogens (primary N) is 1. The first kappa shape index (κ1) is 20.5. The molecule has 0 saturated carbocycles. The molecule has 1 heterocycles. The van der Waals surface area contributed by atoms with Gasteiger partial charge in [0.05, 0.1) is 25.4 Å². The highest BCUT2D eigenvalue weighted by Gasteiger charge is 2.13. The number of fused-ring (bicyclic) bond motifs is 1. The first-order valence-electron chi connectivity index (χ1n) is 9.63. The van der Waals surface area contributed by atoms with Crippen molar-refractivity contribution in [2.24, 2.45) is 5.73 Å². The first-order valence-corrected chi connectivity index (χ1v) is 9.63. The molecule has 3 rings (SSSR count). The molecule has 0 fully saturated rings. The van der Waals surface area contributed by atoms with Crippen LogP contribution in [0, 0.1) is 0 Å². The Kier molecular flexibility index (Phi) is 6.97. The van der Waals surface area contributed by atoms with Gasteiger partial charge in [0.15, 0.2) is 11.5 Å². The normalized spacial score (nSPS) is 10.7. The van der Waals surface area contributed by atoms with Crippen LogP contribution in [0.15, 0.2) is 42.7 Å². The molecular formula is C22H26N4O3. The summed E-state index contributed by atoms with van der Waals surface area (Å²) in [6, 6.07) is 11.3. The topological polar surface area (TPSA) is 99.4 Å². The number of aromatic nitrogens is 2. The highest BCUT2D eigenvalue weighted by molar-refractivity contribution is 5.96. The van der Waals surface area contributed by atoms with Crippen LogP contribution in [0.4, 0.5) is 5.69 Å². The smallest absolute Gasteiger partial charge is 0.224 e. The van der Waals surface area contributed by atoms with Gasteiger partial charge >= 0.3 is 0 Å². The van der Waals surface area contributed by atoms with E-state index in [0.717, 1.165) is 47.1 Å². The molecule has 0 aliphatic heterocycles. The standard InChI is InChI=1S/C22H26N4O3/c1-28-19-12-17-18(13-20(19)29-2)24-14-25-22(17)15-7-6-8-16(11-15)26-21(27)9-4-3-5-10-23/h6-8,11-14H,3-5,9-10,23H2,1-2H3,(H,26,27). The summed E-state index contributed by atoms with van der Waals surface area (Å²) in [4.78, 5) is 21.0. The van der Waals surface area contributed by atoms with Crippen molar-refractivity contribution in [1.29, 1.82) is 0 Å². The first-order chi connectivity index (χ1) is 14.2. The van der Waals surface area contributed by atoms with Crippen LogP contribution in [0.5, 0.6) is 11.5 Å². The maximum absolute atomic E-state index is 12.2. The van der Waals surface area contributed by atoms with Gasteiger partial charge in [-0.25, -0.2) is 9.97 Å². The average molecular weight is 394 g/mol. The van der Waals surface area contributed by atoms with Crippen molar-refractivity contribution in [1.82, 2.24) is 9.97 Å². The molecular weight excluding hydrogens is 368 g/mol. The van der Waals surface area contributed by atoms with Crippen LogP contribution in [-0.4, -0.2) is 36.6 Å². The minimum atomic E-state index is -0.00174. The number of amides is 1. The van der Waals surface area contributed by atoms with Crippen LogP contribution in [0.2, 0.25) is 0 Å². The predicted molar refractivity (Wildman–Crippen MR) is 114 cm³/mol. The molecule has 3 N–H and O–H groups in total. The minimum Gasteiger partial charge on any atom is -0.493 e. The number of hydrogen-bond donors (Lipinski definition) is 2. The molecule has 3 aromatic rings. The second kappa shape index (κ2) is 9.84. The van der Waals surface area contributed by atoms with Crippen molar-refractivity contribution in [2.45, 2.75) is 25.7 Å². The number of anilines is 1. The Balaban J connectivity index is 1.86. The molecule has 1 aromatic heterocycles. The summed E-state index contributed by atoms with van der Waals surface area (Å²) in [6.07, 6.45) is 4.74. The van der Waals surface area contributed by atoms with Crippen LogP contribution in [0.3, 0.4) is 0 Å². The van der Waals surface area contributed by atoms with E-state index in [9.17, 15) is 4.79 Å². The predicted octanol–water partition coefficient (Wildman–Crippen LogP) is 3.77. The fourth-order valence-corrected chi connectivity index (χ4v) is 3.19. The summed E-state index contributed by atoms with van der Waals surface area (Å²) < 4.78 is 10.8. The third kappa shape index (κ3) is 5.00. The Morgan fingerprint density at radius 1 is 1.03 bits per heavy atom. The SMILES string of the molecule is COc1cc2ncnc(-c3cccc(NC(=O)CCCCCN)c3)c2cc1OC. The Morgan fingerprint density at radius 3 is 2.59 bits per heavy atom. The third-order valence-corrected chi connectivity index (χ3v) is 4.67. The molecule has 2 aromatic carbocycles. The molecule has 0 unspecified atom stereocenters. The van der Waals surface area contributed by atoms with Gasteiger partial charge < -0.3 is 20.5 Å². The van der Waals surface area contributed by atoms with Gasteiger partial charge in [-0.3, -0.25) is 4.79 Å². The zero-order valence-corrected chi connectivity index (χ0v) is 16.8. The van der Waals surface area contributed by atoms with Gasteiger partial charge in [-0.05, 0) is 37.6 Å². The van der Waals surface area contributed by atoms with Crippen molar-refractivity contribution in [3.8, 4) is 22.8 Å². The molecule has 152 valence electrons. The lowest BCUT2D eigenvalue weighted by molar-refractivity contribution is -0.116. The number of rotatable bonds is 9. The summed E-state index contributed by atoms with van der Waals surface area (Å²) in [7, 11) is 3.19. The molecule has 7 nitrogen and oxygen atoms in total. The summed E-state index contributed by atoms with van der Waals surface area (Å²) >= 11 is 0. The molecule has 0 saturated heterocycles. The zero-order chi connectivity index (χ0) is 20.6. The van der Waals surface area contributed by atoms with Gasteiger partial charge in [0, 0.05) is 29.1 Å². The Morgan fingerprint density at radius 2 is 1.83 bits per heavy atom. The van der Waals surface area contributed by atoms with Crippen LogP contribution in [0.1, 0.15) is 25.7 Å². The van der Waals surface area contributed by atoms with Gasteiger partial charge in [-0.1, -0.05) is 18.6 Å². The van der Waals surface area contributed by atoms with Gasteiger partial charge in [-0.2, -0.15) is 0 Å². The number of hydrogen-bond acceptors (Lipinski definition) is 6. The number of carbonyl (C=O) groups is 1. The van der Waals surface area contributed by atoms with Crippen LogP contribution in [0.25, 0.3) is 22.2 Å². The molecule has 0 aliphatic carbocycles. The summed E-state index contributed by atoms with van der Waals surface area (Å²) in [6.45, 7) is 0.660. The maximum atomic E-state index is 12.2. The van der Waals surface area contributed by atoms with Gasteiger partial charge in [0.2, 0.25) is 5.91 Å². The van der Waals surface area contributed by atoms with E-state index in [1.807, 2.05) is 36.4 Å². The highest BCUT2D eigenvalue weighted by Crippen LogP contribution is 2.35. The number of nitrogens with zero attached hydrogens (tertiary/aromatic N) is 2. The monoisotopic (exact) mass is 394 g/mol. The Hall–Kier alpha value is -3.19. The fraction of sp³-hybridized carbons (Fsp3) is 0.318. The van der Waals surface area contributed by atoms with Crippen molar-refractivity contribution in [2.75, 3.05) is 26.1 Å². The lowest BCUT2D eigenvalue weighted by Gasteiger charge is -2.12. The van der Waals surface area contributed by atoms with E-state index >= 15 is 0 Å². The van der Waals surface area contributed by atoms with Crippen LogP contribution in [-0.2, 0) is 4.79 Å². The number of nitrogens with one attached hydrogen (secondary N) is 1. The van der Waals surface area contributed by atoms with Crippen molar-refractivity contribution in [3.63, 3.8) is 0 Å². The largest absolute Gasteiger partial charge is 0.493 e. The average Bonchev–Trinajstić information content (AvgIpc) is 2.75. The van der Waals surface area contributed by atoms with E-state index < -0.39 is 0 Å². The van der Waals surface area contributed by atoms with E-state index in [2.05, 4.69) is 15.3 Å². The van der Waals surface area contributed by atoms with Crippen LogP contribution < -0.4 is 20.5 Å². The second-order valence-electron chi connectivity index (χ2n) is 6.67. The van der Waals surface area contributed by atoms with E-state index in [1.54, 1.807) is 14.2 Å². The molecule has 0 aliphatic rings. The van der Waals surface area contributed by atoms with Gasteiger partial charge in [-0.15, -0.1) is 0 Å². The van der Waals surface area contributed by atoms with E-state index in [0.29, 0.717) is 24.5 Å². The number of methoxy groups -OCH3 is 2. The lowest BCUT2D eigenvalue weighted by Crippen LogP contribution is -2.11. The van der Waals surface area contributed by atoms with Crippen LogP contribution >= 0.6 is 0 Å². The number of benzene rings is 2. The summed E-state index contributed by atoms with van der Waals surface area (Å²) in [5, 5.41) is 3.80. The fourth-order valence-electron chi connectivity index (χ4n) is 3.19. The lowest BCUT2D eigenvalue weighted by atomic mass is 10.0. The number of unbranched alkanes of at least 4 members (excludes halogenated alkanes) is 2. The second-order valence-corrected chi connectivity index (χ2v) is 6.67. The van der Waals surface area contributed by atoms with Gasteiger partial charge in [0.1, 0.15) is 6.33 Å². The van der Waals surface area contributed by atoms with E-state index in [-0.39, 0.29) is 5.91 Å². The summed E-state index contributed by atoms with van der Waals surface area (Å²) in [5.41, 5.74) is 8.62. The molecule has 0 bridgehead atoms. The Bertz CT molecular complexity index is 991. The molecule has 0 spiro atoms. The molecule has 1 amide bonds. The van der Waals surface area contributed by atoms with Crippen molar-refractivity contribution < 1.29 is 14.3 Å². The zero-order valence-electron chi connectivity index (χ0n) is 16.8. The summed E-state index contributed by atoms with van der Waals surface area (Å²) in [5.74, 6) is 1.22. The molecule has 29 heavy (non-hydrogen) atoms. The third-order valence-electron chi connectivity index (χ3n) is 4.67. The number of ether oxygens (including phenoxy) is 2. The highest BCUT2D eigenvalue weighted by atomic mass is 16.5. The molecule has 0 atom stereocenters. The minimum absolute atomic E-state index is 0.00174.